The fraction of sp³-hybridized carbons (Fsp3) is 0.312. The first-order valence-corrected chi connectivity index (χ1v) is 40.1. The van der Waals surface area contributed by atoms with Crippen LogP contribution in [0.2, 0.25) is 0 Å². The lowest BCUT2D eigenvalue weighted by Crippen LogP contribution is -2.15. The van der Waals surface area contributed by atoms with Crippen LogP contribution < -0.4 is 29.6 Å². The van der Waals surface area contributed by atoms with E-state index in [2.05, 4.69) is 51.5 Å². The molecule has 0 aromatic heterocycles. The summed E-state index contributed by atoms with van der Waals surface area (Å²) in [5.74, 6) is -1.84. The molecular formula is C64H72N10O22S6. The highest BCUT2D eigenvalue weighted by atomic mass is 32.2. The van der Waals surface area contributed by atoms with E-state index in [4.69, 9.17) is 28.1 Å². The predicted molar refractivity (Wildman–Crippen MR) is 381 cm³/mol. The van der Waals surface area contributed by atoms with Crippen molar-refractivity contribution in [2.24, 2.45) is 40.9 Å². The number of nitrogens with one attached hydrogen (secondary N) is 2. The van der Waals surface area contributed by atoms with Gasteiger partial charge in [0.05, 0.1) is 124 Å². The number of rotatable bonds is 35. The van der Waals surface area contributed by atoms with Crippen molar-refractivity contribution >= 4 is 133 Å². The Bertz CT molecular complexity index is 5350. The first kappa shape index (κ1) is 78.7. The summed E-state index contributed by atoms with van der Waals surface area (Å²) < 4.78 is 220. The van der Waals surface area contributed by atoms with Crippen molar-refractivity contribution in [1.29, 1.82) is 0 Å². The Hall–Kier alpha value is -9.06. The Kier molecular flexibility index (Phi) is 25.7. The third-order valence-electron chi connectivity index (χ3n) is 15.1. The molecule has 0 spiro atoms. The maximum absolute atomic E-state index is 12.1. The number of nitrogens with zero attached hydrogens (tertiary/aromatic N) is 8. The van der Waals surface area contributed by atoms with Crippen LogP contribution in [-0.4, -0.2) is 134 Å². The lowest BCUT2D eigenvalue weighted by molar-refractivity contribution is 0.317. The van der Waals surface area contributed by atoms with Gasteiger partial charge < -0.3 is 29.6 Å². The molecule has 0 saturated heterocycles. The number of benzene rings is 8. The molecule has 0 aliphatic rings. The second-order valence-electron chi connectivity index (χ2n) is 23.3. The second-order valence-corrected chi connectivity index (χ2v) is 32.5. The Morgan fingerprint density at radius 3 is 1.04 bits per heavy atom. The van der Waals surface area contributed by atoms with Gasteiger partial charge in [0.15, 0.2) is 0 Å². The Morgan fingerprint density at radius 2 is 0.667 bits per heavy atom. The Morgan fingerprint density at radius 1 is 0.343 bits per heavy atom. The summed E-state index contributed by atoms with van der Waals surface area (Å²) in [5.41, 5.74) is 8.65. The predicted octanol–water partition coefficient (Wildman–Crippen LogP) is 14.0. The minimum atomic E-state index is -4.66. The molecule has 38 heteroatoms. The van der Waals surface area contributed by atoms with Crippen molar-refractivity contribution in [3.63, 3.8) is 0 Å². The summed E-state index contributed by atoms with van der Waals surface area (Å²) in [6.45, 7) is 10.3. The first-order valence-electron chi connectivity index (χ1n) is 30.8. The molecule has 102 heavy (non-hydrogen) atoms. The van der Waals surface area contributed by atoms with Crippen LogP contribution in [0.3, 0.4) is 0 Å². The number of hydrogen-bond donors (Lipinski definition) is 8. The summed E-state index contributed by atoms with van der Waals surface area (Å²) in [6.07, 6.45) is -0.364. The molecule has 8 rings (SSSR count). The molecule has 0 amide bonds. The highest BCUT2D eigenvalue weighted by Crippen LogP contribution is 2.40. The molecule has 546 valence electrons. The average Bonchev–Trinajstić information content (AvgIpc) is 0.792. The van der Waals surface area contributed by atoms with Gasteiger partial charge in [0.1, 0.15) is 23.0 Å². The fourth-order valence-corrected chi connectivity index (χ4v) is 12.9. The zero-order chi connectivity index (χ0) is 74.5. The number of anilines is 2. The summed E-state index contributed by atoms with van der Waals surface area (Å²) in [4.78, 5) is -0.906. The van der Waals surface area contributed by atoms with Gasteiger partial charge in [0, 0.05) is 35.0 Å². The quantitative estimate of drug-likeness (QED) is 0.00791. The minimum absolute atomic E-state index is 0.00324. The highest BCUT2D eigenvalue weighted by molar-refractivity contribution is 7.87. The number of ether oxygens (including phenoxy) is 4. The molecule has 0 unspecified atom stereocenters. The lowest BCUT2D eigenvalue weighted by Gasteiger charge is -2.18. The van der Waals surface area contributed by atoms with Crippen molar-refractivity contribution in [1.82, 2.24) is 0 Å². The summed E-state index contributed by atoms with van der Waals surface area (Å²) in [6, 6.07) is 27.9. The molecule has 0 aliphatic heterocycles. The van der Waals surface area contributed by atoms with E-state index in [0.29, 0.717) is 95.0 Å². The summed E-state index contributed by atoms with van der Waals surface area (Å²) in [7, 11) is -26.5. The monoisotopic (exact) mass is 1520 g/mol. The van der Waals surface area contributed by atoms with Crippen molar-refractivity contribution in [3.8, 4) is 23.0 Å². The van der Waals surface area contributed by atoms with E-state index < -0.39 is 93.5 Å². The van der Waals surface area contributed by atoms with Crippen molar-refractivity contribution in [2.45, 2.75) is 83.6 Å². The molecule has 0 heterocycles. The molecule has 0 saturated carbocycles. The molecule has 32 nitrogen and oxygen atoms in total. The first-order chi connectivity index (χ1) is 47.7. The molecule has 0 aliphatic carbocycles. The lowest BCUT2D eigenvalue weighted by atomic mass is 10.0. The van der Waals surface area contributed by atoms with Crippen molar-refractivity contribution in [2.75, 3.05) is 66.7 Å². The van der Waals surface area contributed by atoms with Crippen molar-refractivity contribution < 1.29 is 96.8 Å². The highest BCUT2D eigenvalue weighted by Gasteiger charge is 2.20. The van der Waals surface area contributed by atoms with Gasteiger partial charge in [-0.05, 0) is 184 Å². The molecule has 0 fully saturated rings. The standard InChI is InChI=1S/C64H72N10O22S6/c1-39-24-54(40(2)23-47(39)37-67-68-48-13-11-45-29-50(101(87,88)89)33-61(52(45)31-48)93-15-7-19-97(75,76)77)71-73-57-35-63(95-17-9-21-99(81,82)83)59(27-43(57)5)65-38-66-60-28-44(6)58(36-64(60)96-18-10-22-100(84,85)86)74-72-56-26-41(3)55(25-42(56)4)70-69-49-14-12-46-30-51(102(90,91)92)34-62(53(46)32-49)94-16-8-20-98(78,79)80/h11-14,23-36,65-66H,7-10,15-22,37-38H2,1-6H3,(H,75,76,77)(H,78,79,80)(H,81,82,83)(H,84,85,86)(H,87,88,89)(H,90,91,92). The number of aryl methyl sites for hydroxylation is 6. The Labute approximate surface area is 588 Å². The van der Waals surface area contributed by atoms with E-state index in [-0.39, 0.29) is 88.3 Å². The van der Waals surface area contributed by atoms with Crippen LogP contribution in [0.5, 0.6) is 23.0 Å². The van der Waals surface area contributed by atoms with Crippen LogP contribution in [-0.2, 0) is 67.3 Å². The minimum Gasteiger partial charge on any atom is -0.493 e. The molecule has 8 N–H and O–H groups in total. The van der Waals surface area contributed by atoms with Gasteiger partial charge >= 0.3 is 0 Å². The van der Waals surface area contributed by atoms with E-state index in [1.165, 1.54) is 12.1 Å². The summed E-state index contributed by atoms with van der Waals surface area (Å²) in [5, 5.41) is 43.8. The van der Waals surface area contributed by atoms with Crippen molar-refractivity contribution in [3.05, 3.63) is 148 Å². The molecular weight excluding hydrogens is 1450 g/mol. The van der Waals surface area contributed by atoms with Crippen LogP contribution in [0.15, 0.2) is 160 Å². The zero-order valence-corrected chi connectivity index (χ0v) is 60.4. The van der Waals surface area contributed by atoms with E-state index in [0.717, 1.165) is 28.8 Å². The topological polar surface area (TPSA) is 486 Å². The SMILES string of the molecule is Cc1cc(N=Nc2cc(OCCCS(=O)(=O)O)c(NCNc3cc(C)c(N=Nc4cc(C)c(N=Nc5ccc6cc(S(=O)(=O)O)cc(OCCCS(=O)(=O)O)c6c5)cc4C)cc3OCCCS(=O)(=O)O)cc2C)c(C)cc1CN=Nc1ccc2cc(S(=O)(=O)O)cc(OCCCS(=O)(=O)O)c2c1. The molecule has 0 radical (unpaired) electrons. The number of azo groups is 4. The third-order valence-corrected chi connectivity index (χ3v) is 20.0. The normalized spacial score (nSPS) is 12.8. The van der Waals surface area contributed by atoms with Gasteiger partial charge in [-0.2, -0.15) is 91.4 Å². The Balaban J connectivity index is 0.977. The van der Waals surface area contributed by atoms with E-state index >= 15 is 0 Å². The molecule has 0 atom stereocenters. The van der Waals surface area contributed by atoms with Gasteiger partial charge in [-0.25, -0.2) is 0 Å². The number of hydrogen-bond acceptors (Lipinski definition) is 26. The molecule has 0 bridgehead atoms. The smallest absolute Gasteiger partial charge is 0.294 e. The van der Waals surface area contributed by atoms with Crippen LogP contribution in [0.25, 0.3) is 21.5 Å². The van der Waals surface area contributed by atoms with Crippen LogP contribution >= 0.6 is 0 Å². The van der Waals surface area contributed by atoms with E-state index in [1.807, 2.05) is 26.0 Å². The van der Waals surface area contributed by atoms with Gasteiger partial charge in [0.25, 0.3) is 60.7 Å². The van der Waals surface area contributed by atoms with Gasteiger partial charge in [-0.15, -0.1) is 0 Å². The van der Waals surface area contributed by atoms with Gasteiger partial charge in [0.2, 0.25) is 0 Å². The summed E-state index contributed by atoms with van der Waals surface area (Å²) >= 11 is 0. The third kappa shape index (κ3) is 23.8. The van der Waals surface area contributed by atoms with Gasteiger partial charge in [-0.1, -0.05) is 18.2 Å². The molecule has 8 aromatic carbocycles. The van der Waals surface area contributed by atoms with E-state index in [9.17, 15) is 68.7 Å². The number of fused-ring (bicyclic) bond motifs is 2. The van der Waals surface area contributed by atoms with Crippen LogP contribution in [0.1, 0.15) is 64.6 Å². The van der Waals surface area contributed by atoms with E-state index in [1.54, 1.807) is 100 Å². The fourth-order valence-electron chi connectivity index (χ4n) is 9.91. The molecule has 8 aromatic rings. The zero-order valence-electron chi connectivity index (χ0n) is 55.5. The van der Waals surface area contributed by atoms with Crippen LogP contribution in [0, 0.1) is 41.5 Å². The van der Waals surface area contributed by atoms with Gasteiger partial charge in [-0.3, -0.25) is 27.3 Å². The largest absolute Gasteiger partial charge is 0.493 e. The second kappa shape index (κ2) is 33.4. The van der Waals surface area contributed by atoms with Crippen LogP contribution in [0.4, 0.5) is 51.2 Å². The average molecular weight is 1530 g/mol. The maximum Gasteiger partial charge on any atom is 0.294 e. The maximum atomic E-state index is 12.1.